The van der Waals surface area contributed by atoms with Gasteiger partial charge in [-0.25, -0.2) is 9.78 Å². The molecular weight excluding hydrogens is 314 g/mol. The molecule has 3 heterocycles. The minimum atomic E-state index is -0.982. The SMILES string of the molecule is O=C(O)c1cc(-c2cccs2)nc2cc3c(cc12)OCCCO3. The number of nitrogens with zero attached hydrogens (tertiary/aromatic N) is 1. The molecule has 0 saturated carbocycles. The number of hydrogen-bond acceptors (Lipinski definition) is 5. The van der Waals surface area contributed by atoms with E-state index >= 15 is 0 Å². The van der Waals surface area contributed by atoms with Crippen molar-refractivity contribution < 1.29 is 19.4 Å². The monoisotopic (exact) mass is 327 g/mol. The van der Waals surface area contributed by atoms with Crippen LogP contribution in [0.2, 0.25) is 0 Å². The highest BCUT2D eigenvalue weighted by atomic mass is 32.1. The molecule has 0 radical (unpaired) electrons. The summed E-state index contributed by atoms with van der Waals surface area (Å²) in [5, 5.41) is 12.1. The number of carboxylic acid groups (broad SMARTS) is 1. The van der Waals surface area contributed by atoms with Crippen molar-refractivity contribution in [2.24, 2.45) is 0 Å². The van der Waals surface area contributed by atoms with E-state index in [9.17, 15) is 9.90 Å². The minimum absolute atomic E-state index is 0.217. The Kier molecular flexibility index (Phi) is 3.38. The number of ether oxygens (including phenoxy) is 2. The standard InChI is InChI=1S/C17H13NO4S/c19-17(20)11-7-13(16-3-1-6-23-16)18-12-9-15-14(8-10(11)12)21-4-2-5-22-15/h1,3,6-9H,2,4-5H2,(H,19,20). The molecule has 0 saturated heterocycles. The van der Waals surface area contributed by atoms with E-state index in [2.05, 4.69) is 4.98 Å². The van der Waals surface area contributed by atoms with Gasteiger partial charge in [0.1, 0.15) is 0 Å². The summed E-state index contributed by atoms with van der Waals surface area (Å²) in [5.74, 6) is 0.204. The first kappa shape index (κ1) is 14.0. The quantitative estimate of drug-likeness (QED) is 0.775. The summed E-state index contributed by atoms with van der Waals surface area (Å²) in [6.45, 7) is 1.14. The van der Waals surface area contributed by atoms with E-state index in [-0.39, 0.29) is 5.56 Å². The Hall–Kier alpha value is -2.60. The van der Waals surface area contributed by atoms with Gasteiger partial charge < -0.3 is 14.6 Å². The second-order valence-corrected chi connectivity index (χ2v) is 6.15. The Morgan fingerprint density at radius 2 is 1.96 bits per heavy atom. The van der Waals surface area contributed by atoms with Crippen molar-refractivity contribution in [1.29, 1.82) is 0 Å². The van der Waals surface area contributed by atoms with Crippen LogP contribution in [0, 0.1) is 0 Å². The van der Waals surface area contributed by atoms with Crippen molar-refractivity contribution in [3.8, 4) is 22.1 Å². The van der Waals surface area contributed by atoms with E-state index in [4.69, 9.17) is 9.47 Å². The molecule has 0 amide bonds. The second-order valence-electron chi connectivity index (χ2n) is 5.20. The van der Waals surface area contributed by atoms with Crippen LogP contribution in [-0.2, 0) is 0 Å². The number of rotatable bonds is 2. The molecule has 6 heteroatoms. The van der Waals surface area contributed by atoms with Gasteiger partial charge in [-0.2, -0.15) is 0 Å². The van der Waals surface area contributed by atoms with Gasteiger partial charge >= 0.3 is 5.97 Å². The van der Waals surface area contributed by atoms with Gasteiger partial charge in [-0.05, 0) is 23.6 Å². The average molecular weight is 327 g/mol. The van der Waals surface area contributed by atoms with E-state index in [1.165, 1.54) is 11.3 Å². The van der Waals surface area contributed by atoms with Gasteiger partial charge in [0.2, 0.25) is 0 Å². The fourth-order valence-corrected chi connectivity index (χ4v) is 3.30. The Balaban J connectivity index is 1.98. The first-order valence-electron chi connectivity index (χ1n) is 7.24. The van der Waals surface area contributed by atoms with Gasteiger partial charge in [-0.1, -0.05) is 6.07 Å². The van der Waals surface area contributed by atoms with Gasteiger partial charge in [-0.15, -0.1) is 11.3 Å². The zero-order valence-corrected chi connectivity index (χ0v) is 12.9. The number of pyridine rings is 1. The highest BCUT2D eigenvalue weighted by molar-refractivity contribution is 7.13. The molecule has 23 heavy (non-hydrogen) atoms. The lowest BCUT2D eigenvalue weighted by Crippen LogP contribution is -2.01. The summed E-state index contributed by atoms with van der Waals surface area (Å²) in [7, 11) is 0. The Morgan fingerprint density at radius 3 is 2.65 bits per heavy atom. The van der Waals surface area contributed by atoms with E-state index < -0.39 is 5.97 Å². The molecule has 3 aromatic rings. The van der Waals surface area contributed by atoms with Crippen molar-refractivity contribution in [1.82, 2.24) is 4.98 Å². The van der Waals surface area contributed by atoms with Gasteiger partial charge in [0.15, 0.2) is 11.5 Å². The van der Waals surface area contributed by atoms with Crippen molar-refractivity contribution in [2.75, 3.05) is 13.2 Å². The number of thiophene rings is 1. The molecular formula is C17H13NO4S. The predicted molar refractivity (Wildman–Crippen MR) is 87.6 cm³/mol. The first-order chi connectivity index (χ1) is 11.2. The van der Waals surface area contributed by atoms with Crippen LogP contribution in [0.1, 0.15) is 16.8 Å². The predicted octanol–water partition coefficient (Wildman–Crippen LogP) is 3.82. The lowest BCUT2D eigenvalue weighted by Gasteiger charge is -2.11. The zero-order valence-electron chi connectivity index (χ0n) is 12.1. The third-order valence-electron chi connectivity index (χ3n) is 3.68. The van der Waals surface area contributed by atoms with Crippen molar-refractivity contribution in [3.63, 3.8) is 0 Å². The van der Waals surface area contributed by atoms with E-state index in [0.29, 0.717) is 41.3 Å². The smallest absolute Gasteiger partial charge is 0.336 e. The van der Waals surface area contributed by atoms with Crippen LogP contribution in [0.3, 0.4) is 0 Å². The zero-order chi connectivity index (χ0) is 15.8. The fraction of sp³-hybridized carbons (Fsp3) is 0.176. The Bertz CT molecular complexity index is 889. The number of aromatic carboxylic acids is 1. The number of carboxylic acids is 1. The molecule has 0 fully saturated rings. The topological polar surface area (TPSA) is 68.7 Å². The van der Waals surface area contributed by atoms with E-state index in [1.54, 1.807) is 18.2 Å². The Morgan fingerprint density at radius 1 is 1.17 bits per heavy atom. The number of benzene rings is 1. The van der Waals surface area contributed by atoms with Crippen molar-refractivity contribution >= 4 is 28.2 Å². The van der Waals surface area contributed by atoms with Crippen molar-refractivity contribution in [2.45, 2.75) is 6.42 Å². The fourth-order valence-electron chi connectivity index (χ4n) is 2.61. The van der Waals surface area contributed by atoms with Crippen molar-refractivity contribution in [3.05, 3.63) is 41.3 Å². The minimum Gasteiger partial charge on any atom is -0.490 e. The molecule has 116 valence electrons. The molecule has 0 bridgehead atoms. The highest BCUT2D eigenvalue weighted by Gasteiger charge is 2.18. The lowest BCUT2D eigenvalue weighted by atomic mass is 10.1. The number of hydrogen-bond donors (Lipinski definition) is 1. The molecule has 1 N–H and O–H groups in total. The summed E-state index contributed by atoms with van der Waals surface area (Å²) >= 11 is 1.53. The summed E-state index contributed by atoms with van der Waals surface area (Å²) in [6, 6.07) is 8.93. The second kappa shape index (κ2) is 5.55. The van der Waals surface area contributed by atoms with Gasteiger partial charge in [0.25, 0.3) is 0 Å². The maximum absolute atomic E-state index is 11.7. The molecule has 0 aliphatic carbocycles. The van der Waals surface area contributed by atoms with E-state index in [1.807, 2.05) is 17.5 Å². The summed E-state index contributed by atoms with van der Waals surface area (Å²) in [5.41, 5.74) is 1.46. The molecule has 4 rings (SSSR count). The summed E-state index contributed by atoms with van der Waals surface area (Å²) in [6.07, 6.45) is 0.796. The number of fused-ring (bicyclic) bond motifs is 2. The molecule has 1 aliphatic heterocycles. The first-order valence-corrected chi connectivity index (χ1v) is 8.12. The van der Waals surface area contributed by atoms with Crippen LogP contribution in [0.25, 0.3) is 21.5 Å². The van der Waals surface area contributed by atoms with Crippen LogP contribution < -0.4 is 9.47 Å². The lowest BCUT2D eigenvalue weighted by molar-refractivity contribution is 0.0699. The average Bonchev–Trinajstić information content (AvgIpc) is 2.98. The van der Waals surface area contributed by atoms with Crippen LogP contribution in [0.15, 0.2) is 35.7 Å². The van der Waals surface area contributed by atoms with Crippen LogP contribution >= 0.6 is 11.3 Å². The molecule has 5 nitrogen and oxygen atoms in total. The van der Waals surface area contributed by atoms with Crippen LogP contribution in [0.5, 0.6) is 11.5 Å². The molecule has 1 aromatic carbocycles. The molecule has 2 aromatic heterocycles. The number of aromatic nitrogens is 1. The normalized spacial score (nSPS) is 13.7. The van der Waals surface area contributed by atoms with Crippen LogP contribution in [-0.4, -0.2) is 29.3 Å². The van der Waals surface area contributed by atoms with Gasteiger partial charge in [0.05, 0.1) is 34.9 Å². The Labute approximate surface area is 136 Å². The number of carbonyl (C=O) groups is 1. The third kappa shape index (κ3) is 2.51. The maximum Gasteiger partial charge on any atom is 0.336 e. The largest absolute Gasteiger partial charge is 0.490 e. The summed E-state index contributed by atoms with van der Waals surface area (Å²) in [4.78, 5) is 17.2. The van der Waals surface area contributed by atoms with Crippen LogP contribution in [0.4, 0.5) is 0 Å². The summed E-state index contributed by atoms with van der Waals surface area (Å²) < 4.78 is 11.3. The molecule has 0 spiro atoms. The van der Waals surface area contributed by atoms with Gasteiger partial charge in [0, 0.05) is 17.9 Å². The molecule has 1 aliphatic rings. The van der Waals surface area contributed by atoms with Gasteiger partial charge in [-0.3, -0.25) is 0 Å². The highest BCUT2D eigenvalue weighted by Crippen LogP contribution is 2.36. The van der Waals surface area contributed by atoms with E-state index in [0.717, 1.165) is 11.3 Å². The third-order valence-corrected chi connectivity index (χ3v) is 4.57. The maximum atomic E-state index is 11.7. The molecule has 0 atom stereocenters. The molecule has 0 unspecified atom stereocenters.